The Labute approximate surface area is 127 Å². The van der Waals surface area contributed by atoms with Gasteiger partial charge in [-0.05, 0) is 18.6 Å². The number of rotatable bonds is 5. The Kier molecular flexibility index (Phi) is 4.84. The molecule has 0 saturated heterocycles. The Hall–Kier alpha value is -1.32. The molecule has 0 aliphatic rings. The van der Waals surface area contributed by atoms with Crippen molar-refractivity contribution in [3.8, 4) is 11.3 Å². The average Bonchev–Trinajstić information content (AvgIpc) is 2.80. The number of benzene rings is 1. The molecule has 0 unspecified atom stereocenters. The van der Waals surface area contributed by atoms with Gasteiger partial charge in [-0.15, -0.1) is 0 Å². The molecule has 3 nitrogen and oxygen atoms in total. The molecule has 106 valence electrons. The first-order chi connectivity index (χ1) is 9.56. The number of hydrogen-bond donors (Lipinski definition) is 0. The molecular formula is C15H15Cl2NO2. The number of carbonyl (C=O) groups is 1. The predicted octanol–water partition coefficient (Wildman–Crippen LogP) is 4.90. The van der Waals surface area contributed by atoms with Crippen LogP contribution in [0.2, 0.25) is 10.0 Å². The number of hydrogen-bond acceptors (Lipinski definition) is 3. The normalized spacial score (nSPS) is 11.1. The van der Waals surface area contributed by atoms with Gasteiger partial charge in [0.2, 0.25) is 0 Å². The third kappa shape index (κ3) is 2.89. The average molecular weight is 312 g/mol. The van der Waals surface area contributed by atoms with Crippen LogP contribution in [0.25, 0.3) is 11.3 Å². The van der Waals surface area contributed by atoms with E-state index in [1.54, 1.807) is 18.2 Å². The van der Waals surface area contributed by atoms with Crippen molar-refractivity contribution in [2.24, 2.45) is 0 Å². The highest BCUT2D eigenvalue weighted by Crippen LogP contribution is 2.38. The zero-order chi connectivity index (χ0) is 14.7. The van der Waals surface area contributed by atoms with E-state index >= 15 is 0 Å². The quantitative estimate of drug-likeness (QED) is 0.737. The molecule has 0 atom stereocenters. The first kappa shape index (κ1) is 15.1. The van der Waals surface area contributed by atoms with E-state index in [1.807, 2.05) is 13.8 Å². The van der Waals surface area contributed by atoms with Gasteiger partial charge in [0.05, 0.1) is 10.0 Å². The van der Waals surface area contributed by atoms with Crippen molar-refractivity contribution < 1.29 is 9.32 Å². The fourth-order valence-electron chi connectivity index (χ4n) is 2.14. The van der Waals surface area contributed by atoms with Crippen LogP contribution in [0.5, 0.6) is 0 Å². The molecule has 0 fully saturated rings. The van der Waals surface area contributed by atoms with Crippen molar-refractivity contribution in [1.82, 2.24) is 5.16 Å². The van der Waals surface area contributed by atoms with Crippen molar-refractivity contribution >= 4 is 29.5 Å². The van der Waals surface area contributed by atoms with Gasteiger partial charge in [-0.1, -0.05) is 48.3 Å². The molecule has 1 aromatic heterocycles. The van der Waals surface area contributed by atoms with Gasteiger partial charge in [-0.25, -0.2) is 0 Å². The fourth-order valence-corrected chi connectivity index (χ4v) is 2.72. The number of aldehydes is 1. The van der Waals surface area contributed by atoms with Crippen molar-refractivity contribution in [1.29, 1.82) is 0 Å². The molecule has 0 N–H and O–H groups in total. The molecule has 1 heterocycles. The van der Waals surface area contributed by atoms with E-state index in [4.69, 9.17) is 27.7 Å². The maximum atomic E-state index is 10.7. The summed E-state index contributed by atoms with van der Waals surface area (Å²) in [5, 5.41) is 5.17. The third-order valence-electron chi connectivity index (χ3n) is 3.05. The minimum atomic E-state index is 0.180. The summed E-state index contributed by atoms with van der Waals surface area (Å²) in [5.41, 5.74) is 2.20. The van der Waals surface area contributed by atoms with E-state index in [-0.39, 0.29) is 5.92 Å². The lowest BCUT2D eigenvalue weighted by molar-refractivity contribution is -0.107. The van der Waals surface area contributed by atoms with Crippen LogP contribution in [0.3, 0.4) is 0 Å². The Morgan fingerprint density at radius 1 is 1.30 bits per heavy atom. The fraction of sp³-hybridized carbons (Fsp3) is 0.333. The monoisotopic (exact) mass is 311 g/mol. The van der Waals surface area contributed by atoms with Gasteiger partial charge >= 0.3 is 0 Å². The number of aromatic nitrogens is 1. The molecule has 5 heteroatoms. The van der Waals surface area contributed by atoms with Crippen LogP contribution >= 0.6 is 23.2 Å². The minimum absolute atomic E-state index is 0.180. The summed E-state index contributed by atoms with van der Waals surface area (Å²) in [6.07, 6.45) is 1.86. The summed E-state index contributed by atoms with van der Waals surface area (Å²) < 4.78 is 5.44. The van der Waals surface area contributed by atoms with Crippen LogP contribution in [-0.4, -0.2) is 11.4 Å². The van der Waals surface area contributed by atoms with Gasteiger partial charge in [-0.2, -0.15) is 0 Å². The lowest BCUT2D eigenvalue weighted by atomic mass is 9.97. The maximum absolute atomic E-state index is 10.7. The maximum Gasteiger partial charge on any atom is 0.143 e. The van der Waals surface area contributed by atoms with Gasteiger partial charge in [-0.3, -0.25) is 0 Å². The van der Waals surface area contributed by atoms with Gasteiger partial charge in [0.15, 0.2) is 0 Å². The summed E-state index contributed by atoms with van der Waals surface area (Å²) in [5.74, 6) is 0.956. The zero-order valence-corrected chi connectivity index (χ0v) is 12.8. The molecule has 1 aromatic carbocycles. The second-order valence-corrected chi connectivity index (χ2v) is 5.65. The van der Waals surface area contributed by atoms with E-state index in [0.717, 1.165) is 17.6 Å². The van der Waals surface area contributed by atoms with Crippen molar-refractivity contribution in [2.45, 2.75) is 32.6 Å². The summed E-state index contributed by atoms with van der Waals surface area (Å²) in [7, 11) is 0. The van der Waals surface area contributed by atoms with Gasteiger partial charge in [0.25, 0.3) is 0 Å². The Morgan fingerprint density at radius 2 is 1.95 bits per heavy atom. The minimum Gasteiger partial charge on any atom is -0.360 e. The Bertz CT molecular complexity index is 600. The molecule has 0 spiro atoms. The van der Waals surface area contributed by atoms with Crippen LogP contribution in [0, 0.1) is 0 Å². The summed E-state index contributed by atoms with van der Waals surface area (Å²) >= 11 is 12.4. The van der Waals surface area contributed by atoms with Gasteiger partial charge in [0, 0.05) is 23.5 Å². The lowest BCUT2D eigenvalue weighted by Crippen LogP contribution is -1.96. The summed E-state index contributed by atoms with van der Waals surface area (Å²) in [6, 6.07) is 5.30. The molecule has 2 aromatic rings. The zero-order valence-electron chi connectivity index (χ0n) is 11.3. The van der Waals surface area contributed by atoms with E-state index < -0.39 is 0 Å². The van der Waals surface area contributed by atoms with Crippen LogP contribution in [0.15, 0.2) is 22.7 Å². The first-order valence-electron chi connectivity index (χ1n) is 6.42. The van der Waals surface area contributed by atoms with Crippen molar-refractivity contribution in [3.05, 3.63) is 39.6 Å². The van der Waals surface area contributed by atoms with Crippen molar-refractivity contribution in [3.63, 3.8) is 0 Å². The standard InChI is InChI=1S/C15H15Cl2NO2/c1-9(2)15-10(5-4-8-19)14(18-20-15)13-11(16)6-3-7-12(13)17/h3,6-9H,4-5H2,1-2H3. The smallest absolute Gasteiger partial charge is 0.143 e. The van der Waals surface area contributed by atoms with Gasteiger partial charge in [0.1, 0.15) is 17.7 Å². The van der Waals surface area contributed by atoms with Crippen LogP contribution in [0.4, 0.5) is 0 Å². The SMILES string of the molecule is CC(C)c1onc(-c2c(Cl)cccc2Cl)c1CCC=O. The molecule has 0 amide bonds. The molecule has 0 saturated carbocycles. The third-order valence-corrected chi connectivity index (χ3v) is 3.68. The second kappa shape index (κ2) is 6.42. The highest BCUT2D eigenvalue weighted by molar-refractivity contribution is 6.39. The highest BCUT2D eigenvalue weighted by atomic mass is 35.5. The molecule has 0 aliphatic heterocycles. The molecular weight excluding hydrogens is 297 g/mol. The first-order valence-corrected chi connectivity index (χ1v) is 7.18. The predicted molar refractivity (Wildman–Crippen MR) is 80.4 cm³/mol. The topological polar surface area (TPSA) is 43.1 Å². The molecule has 20 heavy (non-hydrogen) atoms. The second-order valence-electron chi connectivity index (χ2n) is 4.83. The van der Waals surface area contributed by atoms with Crippen LogP contribution in [-0.2, 0) is 11.2 Å². The Balaban J connectivity index is 2.59. The Morgan fingerprint density at radius 3 is 2.50 bits per heavy atom. The molecule has 0 aliphatic carbocycles. The van der Waals surface area contributed by atoms with Gasteiger partial charge < -0.3 is 9.32 Å². The summed E-state index contributed by atoms with van der Waals surface area (Å²) in [4.78, 5) is 10.7. The number of nitrogens with zero attached hydrogens (tertiary/aromatic N) is 1. The van der Waals surface area contributed by atoms with E-state index in [0.29, 0.717) is 34.1 Å². The molecule has 0 bridgehead atoms. The van der Waals surface area contributed by atoms with E-state index in [2.05, 4.69) is 5.16 Å². The van der Waals surface area contributed by atoms with Crippen molar-refractivity contribution in [2.75, 3.05) is 0 Å². The van der Waals surface area contributed by atoms with Crippen LogP contribution in [0.1, 0.15) is 37.5 Å². The highest BCUT2D eigenvalue weighted by Gasteiger charge is 2.22. The summed E-state index contributed by atoms with van der Waals surface area (Å²) in [6.45, 7) is 4.03. The largest absolute Gasteiger partial charge is 0.360 e. The number of carbonyl (C=O) groups excluding carboxylic acids is 1. The van der Waals surface area contributed by atoms with E-state index in [1.165, 1.54) is 0 Å². The molecule has 2 rings (SSSR count). The number of halogens is 2. The lowest BCUT2D eigenvalue weighted by Gasteiger charge is -2.07. The van der Waals surface area contributed by atoms with Crippen LogP contribution < -0.4 is 0 Å². The molecule has 0 radical (unpaired) electrons. The van der Waals surface area contributed by atoms with E-state index in [9.17, 15) is 4.79 Å².